The predicted molar refractivity (Wildman–Crippen MR) is 106 cm³/mol. The van der Waals surface area contributed by atoms with Crippen LogP contribution in [0.5, 0.6) is 0 Å². The molecule has 1 aromatic heterocycles. The number of carbonyl (C=O) groups is 1. The quantitative estimate of drug-likeness (QED) is 0.717. The van der Waals surface area contributed by atoms with Gasteiger partial charge >= 0.3 is 0 Å². The summed E-state index contributed by atoms with van der Waals surface area (Å²) in [6.45, 7) is 4.69. The van der Waals surface area contributed by atoms with E-state index in [0.717, 1.165) is 36.4 Å². The van der Waals surface area contributed by atoms with Gasteiger partial charge in [0.1, 0.15) is 5.92 Å². The maximum Gasteiger partial charge on any atom is 0.231 e. The lowest BCUT2D eigenvalue weighted by molar-refractivity contribution is -0.123. The maximum atomic E-state index is 12.9. The molecular formula is C19H22Cl2N4O. The summed E-state index contributed by atoms with van der Waals surface area (Å²) in [5.41, 5.74) is 1.65. The number of unbranched alkanes of at least 4 members (excludes halogenated alkanes) is 2. The van der Waals surface area contributed by atoms with Gasteiger partial charge in [-0.05, 0) is 31.0 Å². The first kappa shape index (κ1) is 18.9. The first-order valence-corrected chi connectivity index (χ1v) is 9.60. The monoisotopic (exact) mass is 392 g/mol. The first-order valence-electron chi connectivity index (χ1n) is 8.84. The van der Waals surface area contributed by atoms with Gasteiger partial charge in [0.25, 0.3) is 0 Å². The third kappa shape index (κ3) is 3.79. The fourth-order valence-electron chi connectivity index (χ4n) is 3.29. The van der Waals surface area contributed by atoms with Crippen LogP contribution in [0.3, 0.4) is 0 Å². The number of aliphatic imine (C=N–C) groups is 1. The van der Waals surface area contributed by atoms with E-state index < -0.39 is 5.92 Å². The normalized spacial score (nSPS) is 19.0. The lowest BCUT2D eigenvalue weighted by Gasteiger charge is -2.31. The molecule has 2 aromatic rings. The van der Waals surface area contributed by atoms with Gasteiger partial charge in [0.15, 0.2) is 5.82 Å². The Morgan fingerprint density at radius 1 is 1.23 bits per heavy atom. The van der Waals surface area contributed by atoms with Gasteiger partial charge in [0, 0.05) is 18.3 Å². The number of carbonyl (C=O) groups excluding carboxylic acids is 1. The van der Waals surface area contributed by atoms with E-state index in [0.29, 0.717) is 16.6 Å². The molecule has 1 aliphatic heterocycles. The lowest BCUT2D eigenvalue weighted by atomic mass is 9.87. The number of hydrogen-bond acceptors (Lipinski definition) is 3. The Hall–Kier alpha value is -1.85. The van der Waals surface area contributed by atoms with Crippen LogP contribution in [0.15, 0.2) is 35.5 Å². The number of rotatable bonds is 6. The summed E-state index contributed by atoms with van der Waals surface area (Å²) < 4.78 is 1.78. The summed E-state index contributed by atoms with van der Waals surface area (Å²) in [5, 5.41) is 8.39. The topological polar surface area (TPSA) is 59.3 Å². The van der Waals surface area contributed by atoms with Crippen LogP contribution >= 0.6 is 23.2 Å². The Morgan fingerprint density at radius 3 is 2.77 bits per heavy atom. The molecule has 138 valence electrons. The molecule has 26 heavy (non-hydrogen) atoms. The number of amides is 1. The molecule has 0 aliphatic carbocycles. The summed E-state index contributed by atoms with van der Waals surface area (Å²) >= 11 is 12.3. The van der Waals surface area contributed by atoms with Gasteiger partial charge in [-0.2, -0.15) is 5.10 Å². The first-order chi connectivity index (χ1) is 12.5. The Balaban J connectivity index is 1.94. The Morgan fingerprint density at radius 2 is 2.04 bits per heavy atom. The zero-order chi connectivity index (χ0) is 18.7. The Bertz CT molecular complexity index is 831. The molecule has 0 bridgehead atoms. The minimum Gasteiger partial charge on any atom is -0.355 e. The van der Waals surface area contributed by atoms with E-state index in [9.17, 15) is 4.79 Å². The van der Waals surface area contributed by atoms with Crippen LogP contribution in [0.2, 0.25) is 10.0 Å². The van der Waals surface area contributed by atoms with Crippen molar-refractivity contribution in [3.05, 3.63) is 46.1 Å². The highest BCUT2D eigenvalue weighted by atomic mass is 35.5. The van der Waals surface area contributed by atoms with E-state index in [1.807, 2.05) is 19.1 Å². The molecule has 1 aromatic carbocycles. The van der Waals surface area contributed by atoms with E-state index in [2.05, 4.69) is 22.3 Å². The number of aromatic nitrogens is 2. The predicted octanol–water partition coefficient (Wildman–Crippen LogP) is 4.81. The summed E-state index contributed by atoms with van der Waals surface area (Å²) in [6, 6.07) is 6.97. The third-order valence-corrected chi connectivity index (χ3v) is 5.36. The van der Waals surface area contributed by atoms with Crippen LogP contribution < -0.4 is 5.32 Å². The van der Waals surface area contributed by atoms with E-state index in [1.54, 1.807) is 23.0 Å². The van der Waals surface area contributed by atoms with Gasteiger partial charge in [0.2, 0.25) is 5.91 Å². The largest absolute Gasteiger partial charge is 0.355 e. The van der Waals surface area contributed by atoms with Gasteiger partial charge in [-0.25, -0.2) is 9.67 Å². The van der Waals surface area contributed by atoms with E-state index in [1.165, 1.54) is 0 Å². The number of benzene rings is 1. The minimum absolute atomic E-state index is 0.0421. The van der Waals surface area contributed by atoms with Crippen molar-refractivity contribution >= 4 is 40.6 Å². The highest BCUT2D eigenvalue weighted by Gasteiger charge is 2.38. The second-order valence-electron chi connectivity index (χ2n) is 6.48. The van der Waals surface area contributed by atoms with Gasteiger partial charge < -0.3 is 5.32 Å². The third-order valence-electron chi connectivity index (χ3n) is 4.62. The van der Waals surface area contributed by atoms with Gasteiger partial charge in [-0.15, -0.1) is 0 Å². The summed E-state index contributed by atoms with van der Waals surface area (Å²) in [5.74, 6) is 0.245. The van der Waals surface area contributed by atoms with Crippen molar-refractivity contribution in [3.8, 4) is 0 Å². The number of nitrogens with zero attached hydrogens (tertiary/aromatic N) is 3. The molecule has 0 radical (unpaired) electrons. The molecule has 0 fully saturated rings. The van der Waals surface area contributed by atoms with Crippen molar-refractivity contribution in [1.29, 1.82) is 0 Å². The van der Waals surface area contributed by atoms with Crippen LogP contribution in [0, 0.1) is 5.92 Å². The summed E-state index contributed by atoms with van der Waals surface area (Å²) in [4.78, 5) is 17.5. The van der Waals surface area contributed by atoms with Crippen LogP contribution in [0.4, 0.5) is 5.82 Å². The molecule has 5 nitrogen and oxygen atoms in total. The van der Waals surface area contributed by atoms with E-state index >= 15 is 0 Å². The molecule has 1 aliphatic rings. The maximum absolute atomic E-state index is 12.9. The van der Waals surface area contributed by atoms with Crippen LogP contribution in [-0.2, 0) is 4.79 Å². The molecule has 1 amide bonds. The summed E-state index contributed by atoms with van der Waals surface area (Å²) in [6.07, 6.45) is 4.87. The van der Waals surface area contributed by atoms with Crippen LogP contribution in [0.25, 0.3) is 0 Å². The Kier molecular flexibility index (Phi) is 5.99. The zero-order valence-corrected chi connectivity index (χ0v) is 16.4. The number of halogens is 2. The molecule has 0 saturated carbocycles. The van der Waals surface area contributed by atoms with Gasteiger partial charge in [-0.3, -0.25) is 4.79 Å². The van der Waals surface area contributed by atoms with Crippen LogP contribution in [-0.4, -0.2) is 27.9 Å². The van der Waals surface area contributed by atoms with Crippen molar-refractivity contribution in [2.75, 3.05) is 6.54 Å². The van der Waals surface area contributed by atoms with Gasteiger partial charge in [-0.1, -0.05) is 49.0 Å². The van der Waals surface area contributed by atoms with Crippen molar-refractivity contribution < 1.29 is 4.79 Å². The molecule has 2 unspecified atom stereocenters. The number of nitrogens with one attached hydrogen (secondary N) is 1. The standard InChI is InChI=1S/C19H22Cl2N4O/c1-3-4-5-9-22-19(26)17-12(2)24-16-8-10-23-25(16)18(17)13-6-7-14(20)15(21)11-13/h6-8,10-11,17-18H,3-5,9H2,1-2H3,(H,22,26). The molecule has 3 rings (SSSR count). The smallest absolute Gasteiger partial charge is 0.231 e. The molecule has 2 heterocycles. The minimum atomic E-state index is -0.443. The van der Waals surface area contributed by atoms with Crippen molar-refractivity contribution in [2.45, 2.75) is 39.2 Å². The van der Waals surface area contributed by atoms with Gasteiger partial charge in [0.05, 0.1) is 22.3 Å². The molecule has 1 N–H and O–H groups in total. The molecule has 7 heteroatoms. The summed E-state index contributed by atoms with van der Waals surface area (Å²) in [7, 11) is 0. The van der Waals surface area contributed by atoms with Crippen molar-refractivity contribution in [2.24, 2.45) is 10.9 Å². The molecular weight excluding hydrogens is 371 g/mol. The fraction of sp³-hybridized carbons (Fsp3) is 0.421. The molecule has 0 saturated heterocycles. The fourth-order valence-corrected chi connectivity index (χ4v) is 3.60. The average molecular weight is 393 g/mol. The molecule has 0 spiro atoms. The van der Waals surface area contributed by atoms with Crippen LogP contribution in [0.1, 0.15) is 44.7 Å². The second-order valence-corrected chi connectivity index (χ2v) is 7.30. The number of hydrogen-bond donors (Lipinski definition) is 1. The van der Waals surface area contributed by atoms with Crippen molar-refractivity contribution in [1.82, 2.24) is 15.1 Å². The van der Waals surface area contributed by atoms with Crippen molar-refractivity contribution in [3.63, 3.8) is 0 Å². The zero-order valence-electron chi connectivity index (χ0n) is 14.9. The SMILES string of the molecule is CCCCCNC(=O)C1C(C)=Nc2ccnn2C1c1ccc(Cl)c(Cl)c1. The molecule has 2 atom stereocenters. The van der Waals surface area contributed by atoms with E-state index in [4.69, 9.17) is 23.2 Å². The highest BCUT2D eigenvalue weighted by molar-refractivity contribution is 6.42. The number of fused-ring (bicyclic) bond motifs is 1. The highest BCUT2D eigenvalue weighted by Crippen LogP contribution is 2.38. The van der Waals surface area contributed by atoms with E-state index in [-0.39, 0.29) is 11.9 Å². The second kappa shape index (κ2) is 8.23. The Labute approximate surface area is 163 Å². The average Bonchev–Trinajstić information content (AvgIpc) is 3.07. The lowest BCUT2D eigenvalue weighted by Crippen LogP contribution is -2.42.